The second kappa shape index (κ2) is 16.4. The molecule has 0 fully saturated rings. The zero-order chi connectivity index (χ0) is 40.1. The first-order valence-corrected chi connectivity index (χ1v) is 20.0. The summed E-state index contributed by atoms with van der Waals surface area (Å²) in [6.45, 7) is 0. The van der Waals surface area contributed by atoms with E-state index in [1.165, 1.54) is 0 Å². The van der Waals surface area contributed by atoms with Crippen LogP contribution in [0.15, 0.2) is 224 Å². The lowest BCUT2D eigenvalue weighted by Gasteiger charge is -2.14. The van der Waals surface area contributed by atoms with Crippen LogP contribution < -0.4 is 0 Å². The lowest BCUT2D eigenvalue weighted by molar-refractivity contribution is 1.07. The van der Waals surface area contributed by atoms with Gasteiger partial charge in [0.05, 0.1) is 11.4 Å². The third-order valence-corrected chi connectivity index (χ3v) is 10.6. The van der Waals surface area contributed by atoms with Gasteiger partial charge in [0, 0.05) is 33.4 Å². The van der Waals surface area contributed by atoms with Gasteiger partial charge < -0.3 is 0 Å². The maximum Gasteiger partial charge on any atom is 0.164 e. The van der Waals surface area contributed by atoms with Crippen LogP contribution in [-0.2, 0) is 0 Å². The van der Waals surface area contributed by atoms with Gasteiger partial charge in [0.1, 0.15) is 0 Å². The van der Waals surface area contributed by atoms with Crippen molar-refractivity contribution in [3.8, 4) is 101 Å². The van der Waals surface area contributed by atoms with Crippen LogP contribution in [0.2, 0.25) is 0 Å². The minimum Gasteiger partial charge on any atom is -0.228 e. The molecule has 0 aliphatic heterocycles. The van der Waals surface area contributed by atoms with E-state index in [0.717, 1.165) is 78.1 Å². The fourth-order valence-electron chi connectivity index (χ4n) is 7.52. The third-order valence-electron chi connectivity index (χ3n) is 10.6. The Morgan fingerprint density at radius 2 is 0.500 bits per heavy atom. The van der Waals surface area contributed by atoms with Crippen molar-refractivity contribution in [1.29, 1.82) is 0 Å². The molecule has 2 aromatic heterocycles. The number of aromatic nitrogens is 5. The van der Waals surface area contributed by atoms with Gasteiger partial charge in [0.25, 0.3) is 0 Å². The minimum absolute atomic E-state index is 0.632. The van der Waals surface area contributed by atoms with Crippen LogP contribution >= 0.6 is 0 Å². The Balaban J connectivity index is 0.980. The van der Waals surface area contributed by atoms with E-state index in [2.05, 4.69) is 127 Å². The summed E-state index contributed by atoms with van der Waals surface area (Å²) >= 11 is 0. The summed E-state index contributed by atoms with van der Waals surface area (Å²) in [6.07, 6.45) is 0. The topological polar surface area (TPSA) is 64.5 Å². The van der Waals surface area contributed by atoms with E-state index in [9.17, 15) is 0 Å². The Bertz CT molecular complexity index is 2940. The lowest BCUT2D eigenvalue weighted by Crippen LogP contribution is -2.00. The molecule has 8 aromatic carbocycles. The average Bonchev–Trinajstić information content (AvgIpc) is 3.35. The van der Waals surface area contributed by atoms with Crippen LogP contribution in [0.1, 0.15) is 0 Å². The van der Waals surface area contributed by atoms with Gasteiger partial charge in [-0.1, -0.05) is 206 Å². The van der Waals surface area contributed by atoms with Gasteiger partial charge in [-0.05, 0) is 51.6 Å². The number of nitrogens with zero attached hydrogens (tertiary/aromatic N) is 5. The first kappa shape index (κ1) is 36.2. The number of benzene rings is 8. The van der Waals surface area contributed by atoms with Crippen LogP contribution in [0.4, 0.5) is 0 Å². The smallest absolute Gasteiger partial charge is 0.164 e. The number of hydrogen-bond acceptors (Lipinski definition) is 5. The van der Waals surface area contributed by atoms with Crippen molar-refractivity contribution in [3.63, 3.8) is 0 Å². The summed E-state index contributed by atoms with van der Waals surface area (Å²) in [5.41, 5.74) is 14.4. The molecule has 0 aliphatic rings. The van der Waals surface area contributed by atoms with Crippen molar-refractivity contribution in [3.05, 3.63) is 224 Å². The second-order valence-electron chi connectivity index (χ2n) is 14.5. The van der Waals surface area contributed by atoms with Gasteiger partial charge in [-0.25, -0.2) is 24.9 Å². The van der Waals surface area contributed by atoms with Crippen LogP contribution in [0.5, 0.6) is 0 Å². The molecule has 0 amide bonds. The molecular formula is C55H37N5. The zero-order valence-electron chi connectivity index (χ0n) is 32.6. The summed E-state index contributed by atoms with van der Waals surface area (Å²) in [6, 6.07) is 77.1. The van der Waals surface area contributed by atoms with Crippen LogP contribution in [0.25, 0.3) is 101 Å². The highest BCUT2D eigenvalue weighted by molar-refractivity contribution is 5.87. The van der Waals surface area contributed by atoms with Gasteiger partial charge in [-0.3, -0.25) is 0 Å². The molecule has 10 aromatic rings. The highest BCUT2D eigenvalue weighted by Gasteiger charge is 2.15. The van der Waals surface area contributed by atoms with Crippen molar-refractivity contribution in [2.24, 2.45) is 0 Å². The summed E-state index contributed by atoms with van der Waals surface area (Å²) in [4.78, 5) is 24.9. The molecule has 0 aliphatic carbocycles. The van der Waals surface area contributed by atoms with Gasteiger partial charge in [0.2, 0.25) is 0 Å². The maximum absolute atomic E-state index is 5.10. The van der Waals surface area contributed by atoms with Gasteiger partial charge in [-0.2, -0.15) is 0 Å². The van der Waals surface area contributed by atoms with Crippen molar-refractivity contribution >= 4 is 0 Å². The van der Waals surface area contributed by atoms with Crippen molar-refractivity contribution in [1.82, 2.24) is 24.9 Å². The first-order chi connectivity index (χ1) is 29.7. The maximum atomic E-state index is 5.10. The van der Waals surface area contributed by atoms with E-state index in [1.807, 2.05) is 97.1 Å². The molecule has 0 unspecified atom stereocenters. The average molecular weight is 768 g/mol. The van der Waals surface area contributed by atoms with E-state index < -0.39 is 0 Å². The molecule has 0 N–H and O–H groups in total. The van der Waals surface area contributed by atoms with E-state index in [4.69, 9.17) is 24.9 Å². The lowest BCUT2D eigenvalue weighted by atomic mass is 9.92. The first-order valence-electron chi connectivity index (χ1n) is 20.0. The summed E-state index contributed by atoms with van der Waals surface area (Å²) < 4.78 is 0. The molecule has 10 rings (SSSR count). The molecule has 0 atom stereocenters. The standard InChI is InChI=1S/C55H37N5/c1-5-17-39(18-6-1)50-37-51(40-19-7-2-8-20-40)57-55(56-50)47-28-16-27-46(36-47)49-30-14-13-29-48(49)45-26-15-25-44(35-45)38-31-33-43(34-32-38)54-59-52(41-21-9-3-10-22-41)58-53(60-54)42-23-11-4-12-24-42/h1-37H. The Labute approximate surface area is 349 Å². The highest BCUT2D eigenvalue weighted by Crippen LogP contribution is 2.37. The molecule has 0 saturated carbocycles. The van der Waals surface area contributed by atoms with Crippen molar-refractivity contribution in [2.75, 3.05) is 0 Å². The Morgan fingerprint density at radius 3 is 0.967 bits per heavy atom. The fourth-order valence-corrected chi connectivity index (χ4v) is 7.52. The SMILES string of the molecule is c1ccc(-c2cc(-c3ccccc3)nc(-c3cccc(-c4ccccc4-c4cccc(-c5ccc(-c6nc(-c7ccccc7)nc(-c7ccccc7)n6)cc5)c4)c3)n2)cc1. The van der Waals surface area contributed by atoms with Crippen molar-refractivity contribution < 1.29 is 0 Å². The van der Waals surface area contributed by atoms with E-state index >= 15 is 0 Å². The predicted octanol–water partition coefficient (Wildman–Crippen LogP) is 13.7. The summed E-state index contributed by atoms with van der Waals surface area (Å²) in [5.74, 6) is 2.61. The molecule has 2 heterocycles. The molecular weight excluding hydrogens is 731 g/mol. The number of hydrogen-bond donors (Lipinski definition) is 0. The van der Waals surface area contributed by atoms with E-state index in [1.54, 1.807) is 0 Å². The molecule has 5 nitrogen and oxygen atoms in total. The third kappa shape index (κ3) is 7.63. The molecule has 5 heteroatoms. The molecule has 60 heavy (non-hydrogen) atoms. The van der Waals surface area contributed by atoms with Crippen LogP contribution in [-0.4, -0.2) is 24.9 Å². The van der Waals surface area contributed by atoms with Gasteiger partial charge >= 0.3 is 0 Å². The monoisotopic (exact) mass is 767 g/mol. The van der Waals surface area contributed by atoms with Gasteiger partial charge in [-0.15, -0.1) is 0 Å². The fraction of sp³-hybridized carbons (Fsp3) is 0. The predicted molar refractivity (Wildman–Crippen MR) is 244 cm³/mol. The van der Waals surface area contributed by atoms with Crippen molar-refractivity contribution in [2.45, 2.75) is 0 Å². The Hall–Kier alpha value is -8.15. The van der Waals surface area contributed by atoms with Crippen LogP contribution in [0, 0.1) is 0 Å². The largest absolute Gasteiger partial charge is 0.228 e. The molecule has 0 radical (unpaired) electrons. The zero-order valence-corrected chi connectivity index (χ0v) is 32.6. The highest BCUT2D eigenvalue weighted by atomic mass is 15.0. The van der Waals surface area contributed by atoms with E-state index in [0.29, 0.717) is 23.3 Å². The molecule has 282 valence electrons. The summed E-state index contributed by atoms with van der Waals surface area (Å²) in [7, 11) is 0. The quantitative estimate of drug-likeness (QED) is 0.146. The number of rotatable bonds is 9. The molecule has 0 spiro atoms. The van der Waals surface area contributed by atoms with E-state index in [-0.39, 0.29) is 0 Å². The Kier molecular flexibility index (Phi) is 9.88. The Morgan fingerprint density at radius 1 is 0.183 bits per heavy atom. The summed E-state index contributed by atoms with van der Waals surface area (Å²) in [5, 5.41) is 0. The van der Waals surface area contributed by atoms with Crippen LogP contribution in [0.3, 0.4) is 0 Å². The van der Waals surface area contributed by atoms with Gasteiger partial charge in [0.15, 0.2) is 23.3 Å². The molecule has 0 saturated heterocycles. The normalized spacial score (nSPS) is 11.0. The minimum atomic E-state index is 0.632. The second-order valence-corrected chi connectivity index (χ2v) is 14.5. The molecule has 0 bridgehead atoms.